The van der Waals surface area contributed by atoms with Gasteiger partial charge in [-0.2, -0.15) is 0 Å². The molecule has 106 valence electrons. The van der Waals surface area contributed by atoms with Crippen LogP contribution in [0.15, 0.2) is 36.4 Å². The first-order chi connectivity index (χ1) is 9.83. The van der Waals surface area contributed by atoms with E-state index in [1.165, 1.54) is 48.7 Å². The maximum absolute atomic E-state index is 6.01. The zero-order chi connectivity index (χ0) is 13.8. The van der Waals surface area contributed by atoms with Crippen LogP contribution in [0.4, 0.5) is 0 Å². The predicted octanol–water partition coefficient (Wildman–Crippen LogP) is 4.01. The molecule has 0 aromatic heterocycles. The summed E-state index contributed by atoms with van der Waals surface area (Å²) >= 11 is 0. The molecule has 1 fully saturated rings. The number of hydrogen-bond acceptors (Lipinski definition) is 2. The van der Waals surface area contributed by atoms with Crippen molar-refractivity contribution >= 4 is 10.8 Å². The van der Waals surface area contributed by atoms with Gasteiger partial charge in [-0.25, -0.2) is 0 Å². The van der Waals surface area contributed by atoms with E-state index in [9.17, 15) is 0 Å². The lowest BCUT2D eigenvalue weighted by Gasteiger charge is -2.26. The summed E-state index contributed by atoms with van der Waals surface area (Å²) in [5, 5.41) is 2.54. The lowest BCUT2D eigenvalue weighted by Crippen LogP contribution is -2.33. The SMILES string of the molecule is Cc1cc2ccccc2cc1OCCN1CCCCC1. The van der Waals surface area contributed by atoms with Crippen molar-refractivity contribution in [2.75, 3.05) is 26.2 Å². The standard InChI is InChI=1S/C18H23NO/c1-15-13-16-7-3-4-8-17(16)14-18(15)20-12-11-19-9-5-2-6-10-19/h3-4,7-8,13-14H,2,5-6,9-12H2,1H3. The number of rotatable bonds is 4. The van der Waals surface area contributed by atoms with Crippen LogP contribution in [0.2, 0.25) is 0 Å². The van der Waals surface area contributed by atoms with E-state index in [1.807, 2.05) is 0 Å². The average molecular weight is 269 g/mol. The fourth-order valence-electron chi connectivity index (χ4n) is 2.96. The molecule has 1 aliphatic heterocycles. The van der Waals surface area contributed by atoms with Gasteiger partial charge >= 0.3 is 0 Å². The molecule has 2 aromatic carbocycles. The number of hydrogen-bond donors (Lipinski definition) is 0. The highest BCUT2D eigenvalue weighted by Crippen LogP contribution is 2.25. The average Bonchev–Trinajstić information content (AvgIpc) is 2.49. The van der Waals surface area contributed by atoms with Gasteiger partial charge in [0.25, 0.3) is 0 Å². The number of aryl methyl sites for hydroxylation is 1. The van der Waals surface area contributed by atoms with Crippen molar-refractivity contribution in [1.82, 2.24) is 4.90 Å². The second kappa shape index (κ2) is 6.27. The van der Waals surface area contributed by atoms with Crippen LogP contribution in [0, 0.1) is 6.92 Å². The molecule has 1 aliphatic rings. The summed E-state index contributed by atoms with van der Waals surface area (Å²) in [6.07, 6.45) is 4.07. The number of fused-ring (bicyclic) bond motifs is 1. The Labute approximate surface area is 121 Å². The highest BCUT2D eigenvalue weighted by atomic mass is 16.5. The summed E-state index contributed by atoms with van der Waals surface area (Å²) in [5.41, 5.74) is 1.22. The van der Waals surface area contributed by atoms with Crippen LogP contribution in [-0.4, -0.2) is 31.1 Å². The molecule has 0 aliphatic carbocycles. The monoisotopic (exact) mass is 269 g/mol. The minimum atomic E-state index is 0.791. The summed E-state index contributed by atoms with van der Waals surface area (Å²) in [5.74, 6) is 1.03. The van der Waals surface area contributed by atoms with Gasteiger partial charge in [-0.15, -0.1) is 0 Å². The zero-order valence-electron chi connectivity index (χ0n) is 12.3. The Morgan fingerprint density at radius 2 is 1.70 bits per heavy atom. The second-order valence-electron chi connectivity index (χ2n) is 5.72. The van der Waals surface area contributed by atoms with E-state index in [2.05, 4.69) is 48.2 Å². The van der Waals surface area contributed by atoms with Crippen LogP contribution in [0.3, 0.4) is 0 Å². The van der Waals surface area contributed by atoms with Crippen LogP contribution >= 0.6 is 0 Å². The molecule has 0 atom stereocenters. The number of likely N-dealkylation sites (tertiary alicyclic amines) is 1. The van der Waals surface area contributed by atoms with Crippen LogP contribution < -0.4 is 4.74 Å². The highest BCUT2D eigenvalue weighted by Gasteiger charge is 2.10. The van der Waals surface area contributed by atoms with Crippen molar-refractivity contribution in [2.45, 2.75) is 26.2 Å². The maximum atomic E-state index is 6.01. The first-order valence-corrected chi connectivity index (χ1v) is 7.67. The zero-order valence-corrected chi connectivity index (χ0v) is 12.3. The van der Waals surface area contributed by atoms with Crippen molar-refractivity contribution in [2.24, 2.45) is 0 Å². The molecular weight excluding hydrogens is 246 g/mol. The molecule has 0 radical (unpaired) electrons. The molecule has 0 unspecified atom stereocenters. The Bertz CT molecular complexity index is 573. The molecule has 3 rings (SSSR count). The van der Waals surface area contributed by atoms with Crippen molar-refractivity contribution in [1.29, 1.82) is 0 Å². The lowest BCUT2D eigenvalue weighted by molar-refractivity contribution is 0.183. The molecule has 2 heteroatoms. The van der Waals surface area contributed by atoms with Crippen molar-refractivity contribution in [3.05, 3.63) is 42.0 Å². The Hall–Kier alpha value is -1.54. The molecule has 0 bridgehead atoms. The van der Waals surface area contributed by atoms with E-state index < -0.39 is 0 Å². The molecular formula is C18H23NO. The Morgan fingerprint density at radius 1 is 1.00 bits per heavy atom. The minimum absolute atomic E-state index is 0.791. The first kappa shape index (κ1) is 13.4. The molecule has 20 heavy (non-hydrogen) atoms. The Morgan fingerprint density at radius 3 is 2.45 bits per heavy atom. The third-order valence-corrected chi connectivity index (χ3v) is 4.16. The van der Waals surface area contributed by atoms with E-state index in [1.54, 1.807) is 0 Å². The Kier molecular flexibility index (Phi) is 4.22. The fourth-order valence-corrected chi connectivity index (χ4v) is 2.96. The second-order valence-corrected chi connectivity index (χ2v) is 5.72. The van der Waals surface area contributed by atoms with Crippen molar-refractivity contribution in [3.63, 3.8) is 0 Å². The molecule has 0 saturated carbocycles. The third kappa shape index (κ3) is 3.13. The third-order valence-electron chi connectivity index (χ3n) is 4.16. The van der Waals surface area contributed by atoms with Crippen LogP contribution in [0.1, 0.15) is 24.8 Å². The van der Waals surface area contributed by atoms with Crippen molar-refractivity contribution in [3.8, 4) is 5.75 Å². The summed E-state index contributed by atoms with van der Waals surface area (Å²) < 4.78 is 6.01. The largest absolute Gasteiger partial charge is 0.492 e. The van der Waals surface area contributed by atoms with Crippen LogP contribution in [0.25, 0.3) is 10.8 Å². The topological polar surface area (TPSA) is 12.5 Å². The number of piperidine rings is 1. The van der Waals surface area contributed by atoms with Gasteiger partial charge in [0.1, 0.15) is 12.4 Å². The molecule has 1 saturated heterocycles. The lowest BCUT2D eigenvalue weighted by atomic mass is 10.1. The first-order valence-electron chi connectivity index (χ1n) is 7.67. The summed E-state index contributed by atoms with van der Waals surface area (Å²) in [6.45, 7) is 6.44. The number of ether oxygens (including phenoxy) is 1. The molecule has 0 spiro atoms. The van der Waals surface area contributed by atoms with Gasteiger partial charge in [-0.3, -0.25) is 4.90 Å². The summed E-state index contributed by atoms with van der Waals surface area (Å²) in [7, 11) is 0. The molecule has 1 heterocycles. The molecule has 0 amide bonds. The molecule has 0 N–H and O–H groups in total. The summed E-state index contributed by atoms with van der Waals surface area (Å²) in [6, 6.07) is 12.8. The van der Waals surface area contributed by atoms with Crippen molar-refractivity contribution < 1.29 is 4.74 Å². The van der Waals surface area contributed by atoms with E-state index >= 15 is 0 Å². The van der Waals surface area contributed by atoms with Gasteiger partial charge in [-0.1, -0.05) is 30.7 Å². The van der Waals surface area contributed by atoms with Gasteiger partial charge in [0, 0.05) is 6.54 Å². The van der Waals surface area contributed by atoms with E-state index in [4.69, 9.17) is 4.74 Å². The number of benzene rings is 2. The highest BCUT2D eigenvalue weighted by molar-refractivity contribution is 5.84. The Balaban J connectivity index is 1.63. The summed E-state index contributed by atoms with van der Waals surface area (Å²) in [4.78, 5) is 2.51. The smallest absolute Gasteiger partial charge is 0.122 e. The van der Waals surface area contributed by atoms with E-state index in [-0.39, 0.29) is 0 Å². The van der Waals surface area contributed by atoms with Crippen LogP contribution in [-0.2, 0) is 0 Å². The van der Waals surface area contributed by atoms with Gasteiger partial charge in [0.2, 0.25) is 0 Å². The predicted molar refractivity (Wildman–Crippen MR) is 84.5 cm³/mol. The maximum Gasteiger partial charge on any atom is 0.122 e. The molecule has 2 nitrogen and oxygen atoms in total. The van der Waals surface area contributed by atoms with Gasteiger partial charge in [0.05, 0.1) is 0 Å². The van der Waals surface area contributed by atoms with Gasteiger partial charge < -0.3 is 4.74 Å². The fraction of sp³-hybridized carbons (Fsp3) is 0.444. The quantitative estimate of drug-likeness (QED) is 0.831. The van der Waals surface area contributed by atoms with E-state index in [0.29, 0.717) is 0 Å². The number of nitrogens with zero attached hydrogens (tertiary/aromatic N) is 1. The molecule has 2 aromatic rings. The van der Waals surface area contributed by atoms with Crippen LogP contribution in [0.5, 0.6) is 5.75 Å². The van der Waals surface area contributed by atoms with Gasteiger partial charge in [0.15, 0.2) is 0 Å². The van der Waals surface area contributed by atoms with E-state index in [0.717, 1.165) is 18.9 Å². The normalized spacial score (nSPS) is 16.4. The minimum Gasteiger partial charge on any atom is -0.492 e. The van der Waals surface area contributed by atoms with Gasteiger partial charge in [-0.05, 0) is 61.3 Å².